The first-order valence-corrected chi connectivity index (χ1v) is 15.3. The van der Waals surface area contributed by atoms with E-state index in [1.54, 1.807) is 6.07 Å². The molecule has 1 aliphatic heterocycles. The average molecular weight is 717 g/mol. The summed E-state index contributed by atoms with van der Waals surface area (Å²) in [5.74, 6) is -6.48. The van der Waals surface area contributed by atoms with Crippen LogP contribution in [0, 0.1) is 13.8 Å². The van der Waals surface area contributed by atoms with Crippen LogP contribution in [-0.2, 0) is 52.2 Å². The van der Waals surface area contributed by atoms with Crippen molar-refractivity contribution in [3.8, 4) is 11.5 Å². The Balaban J connectivity index is 0.00000417. The van der Waals surface area contributed by atoms with Crippen molar-refractivity contribution in [2.45, 2.75) is 37.4 Å². The number of nitrogens with zero attached hydrogens (tertiary/aromatic N) is 2. The van der Waals surface area contributed by atoms with E-state index in [-0.39, 0.29) is 114 Å². The summed E-state index contributed by atoms with van der Waals surface area (Å²) in [5.41, 5.74) is -1.18. The number of carbonyl (C=O) groups is 4. The maximum Gasteiger partial charge on any atom is 1.00 e. The number of aromatic hydroxyl groups is 2. The van der Waals surface area contributed by atoms with E-state index in [0.717, 1.165) is 9.80 Å². The second kappa shape index (κ2) is 16.8. The van der Waals surface area contributed by atoms with Gasteiger partial charge in [0.05, 0.1) is 25.0 Å². The van der Waals surface area contributed by atoms with Crippen LogP contribution in [0.5, 0.6) is 11.5 Å². The van der Waals surface area contributed by atoms with Crippen LogP contribution in [0.3, 0.4) is 0 Å². The monoisotopic (exact) mass is 716 g/mol. The van der Waals surface area contributed by atoms with Gasteiger partial charge in [-0.1, -0.05) is 18.2 Å². The molecule has 0 aliphatic carbocycles. The molecule has 4 rings (SSSR count). The number of carboxylic acid groups (broad SMARTS) is 4. The van der Waals surface area contributed by atoms with Crippen LogP contribution in [-0.4, -0.2) is 88.7 Å². The van der Waals surface area contributed by atoms with Crippen LogP contribution in [0.25, 0.3) is 0 Å². The van der Waals surface area contributed by atoms with E-state index in [9.17, 15) is 58.2 Å². The first-order valence-electron chi connectivity index (χ1n) is 13.9. The number of phenolic OH excluding ortho intramolecular Hbond substituents is 2. The van der Waals surface area contributed by atoms with Gasteiger partial charge in [-0.05, 0) is 66.4 Å². The van der Waals surface area contributed by atoms with Crippen LogP contribution < -0.4 is 69.3 Å². The van der Waals surface area contributed by atoms with Crippen molar-refractivity contribution < 1.29 is 122 Å². The zero-order chi connectivity index (χ0) is 34.8. The Kier molecular flexibility index (Phi) is 14.4. The second-order valence-electron chi connectivity index (χ2n) is 11.1. The van der Waals surface area contributed by atoms with Crippen molar-refractivity contribution in [3.05, 3.63) is 87.5 Å². The van der Waals surface area contributed by atoms with E-state index >= 15 is 0 Å². The smallest absolute Gasteiger partial charge is 0.549 e. The quantitative estimate of drug-likeness (QED) is 0.0895. The fourth-order valence-electron chi connectivity index (χ4n) is 5.72. The van der Waals surface area contributed by atoms with Gasteiger partial charge in [-0.2, -0.15) is 8.42 Å². The number of fused-ring (bicyclic) bond motifs is 1. The molecule has 0 unspecified atom stereocenters. The molecule has 0 aromatic heterocycles. The number of rotatable bonds is 14. The number of carboxylic acids is 4. The number of benzene rings is 3. The molecule has 3 aromatic rings. The molecule has 0 saturated heterocycles. The van der Waals surface area contributed by atoms with Gasteiger partial charge in [0.1, 0.15) is 16.4 Å². The van der Waals surface area contributed by atoms with Crippen molar-refractivity contribution in [2.75, 3.05) is 26.2 Å². The molecule has 0 radical (unpaired) electrons. The largest absolute Gasteiger partial charge is 1.00 e. The van der Waals surface area contributed by atoms with Crippen LogP contribution in [0.4, 0.5) is 0 Å². The molecular formula is C31H30N2Na2O13S. The maximum absolute atomic E-state index is 13.5. The van der Waals surface area contributed by atoms with Crippen molar-refractivity contribution in [2.24, 2.45) is 0 Å². The van der Waals surface area contributed by atoms with Crippen LogP contribution >= 0.6 is 0 Å². The Morgan fingerprint density at radius 3 is 1.53 bits per heavy atom. The van der Waals surface area contributed by atoms with E-state index < -0.39 is 78.9 Å². The van der Waals surface area contributed by atoms with Gasteiger partial charge in [0, 0.05) is 42.9 Å². The molecule has 3 aromatic carbocycles. The molecule has 1 aliphatic rings. The number of carbonyl (C=O) groups excluding carboxylic acids is 2. The van der Waals surface area contributed by atoms with E-state index in [4.69, 9.17) is 4.18 Å². The minimum Gasteiger partial charge on any atom is -0.549 e. The van der Waals surface area contributed by atoms with E-state index in [0.29, 0.717) is 0 Å². The van der Waals surface area contributed by atoms with Crippen LogP contribution in [0.15, 0.2) is 53.4 Å². The van der Waals surface area contributed by atoms with Gasteiger partial charge in [-0.15, -0.1) is 0 Å². The summed E-state index contributed by atoms with van der Waals surface area (Å²) >= 11 is 0. The van der Waals surface area contributed by atoms with Gasteiger partial charge in [0.15, 0.2) is 5.60 Å². The van der Waals surface area contributed by atoms with Crippen molar-refractivity contribution in [1.29, 1.82) is 0 Å². The number of aliphatic carboxylic acids is 4. The number of phenols is 2. The summed E-state index contributed by atoms with van der Waals surface area (Å²) in [6.45, 7) is -0.882. The summed E-state index contributed by atoms with van der Waals surface area (Å²) in [6.07, 6.45) is 0. The number of hydrogen-bond acceptors (Lipinski definition) is 13. The summed E-state index contributed by atoms with van der Waals surface area (Å²) in [6, 6.07) is 11.4. The van der Waals surface area contributed by atoms with E-state index in [2.05, 4.69) is 0 Å². The van der Waals surface area contributed by atoms with Gasteiger partial charge in [-0.25, -0.2) is 4.18 Å². The normalized spacial score (nSPS) is 14.0. The van der Waals surface area contributed by atoms with Gasteiger partial charge in [-0.3, -0.25) is 19.4 Å². The van der Waals surface area contributed by atoms with E-state index in [1.807, 2.05) is 0 Å². The molecule has 0 bridgehead atoms. The molecule has 250 valence electrons. The fraction of sp³-hybridized carbons (Fsp3) is 0.290. The first kappa shape index (κ1) is 42.1. The fourth-order valence-corrected chi connectivity index (χ4v) is 7.15. The SMILES string of the molecule is Cc1cc(C2(c3cc(C)c(O)c(CN(CC(=O)[O-])CC(=O)O)c3)OS(=O)(=O)c3ccccc32)cc(CN(CC(=O)[O-])CC(=O)O)c1O.[Na+].[Na+]. The number of hydrogen-bond donors (Lipinski definition) is 4. The maximum atomic E-state index is 13.5. The minimum atomic E-state index is -4.46. The third kappa shape index (κ3) is 9.40. The Bertz CT molecular complexity index is 1760. The molecule has 15 nitrogen and oxygen atoms in total. The zero-order valence-electron chi connectivity index (χ0n) is 27.1. The zero-order valence-corrected chi connectivity index (χ0v) is 31.9. The summed E-state index contributed by atoms with van der Waals surface area (Å²) in [5, 5.41) is 63.3. The molecule has 1 heterocycles. The van der Waals surface area contributed by atoms with Gasteiger partial charge in [0.2, 0.25) is 0 Å². The summed E-state index contributed by atoms with van der Waals surface area (Å²) < 4.78 is 33.0. The molecule has 0 amide bonds. The Morgan fingerprint density at radius 2 is 1.14 bits per heavy atom. The minimum absolute atomic E-state index is 0. The Labute approximate surface area is 325 Å². The van der Waals surface area contributed by atoms with Gasteiger partial charge in [0.25, 0.3) is 10.1 Å². The van der Waals surface area contributed by atoms with Crippen molar-refractivity contribution in [1.82, 2.24) is 9.80 Å². The van der Waals surface area contributed by atoms with Gasteiger partial charge < -0.3 is 40.2 Å². The third-order valence-electron chi connectivity index (χ3n) is 7.55. The van der Waals surface area contributed by atoms with Crippen molar-refractivity contribution >= 4 is 34.0 Å². The standard InChI is InChI=1S/C31H32N2O13S.2Na/c1-17-7-21(9-19(29(17)42)11-32(13-25(34)35)14-26(36)37)31(23-5-3-4-6-24(23)47(44,45)46-31)22-8-18(2)30(43)20(10-22)12-33(15-27(38)39)16-28(40)41;;/h3-10,42-43H,11-16H2,1-2H3,(H,34,35)(H,36,37)(H,38,39)(H,40,41);;/q;2*+1/p-2. The molecule has 0 spiro atoms. The predicted molar refractivity (Wildman–Crippen MR) is 156 cm³/mol. The first-order chi connectivity index (χ1) is 21.9. The average Bonchev–Trinajstić information content (AvgIpc) is 3.20. The Morgan fingerprint density at radius 1 is 0.735 bits per heavy atom. The third-order valence-corrected chi connectivity index (χ3v) is 8.92. The second-order valence-corrected chi connectivity index (χ2v) is 12.7. The molecule has 0 saturated carbocycles. The van der Waals surface area contributed by atoms with Crippen LogP contribution in [0.1, 0.15) is 38.9 Å². The molecule has 0 fully saturated rings. The molecule has 4 N–H and O–H groups in total. The van der Waals surface area contributed by atoms with Gasteiger partial charge >= 0.3 is 71.1 Å². The van der Waals surface area contributed by atoms with E-state index in [1.165, 1.54) is 56.3 Å². The number of aryl methyl sites for hydroxylation is 2. The molecular weight excluding hydrogens is 686 g/mol. The molecule has 0 atom stereocenters. The predicted octanol–water partition coefficient (Wildman–Crippen LogP) is -6.99. The summed E-state index contributed by atoms with van der Waals surface area (Å²) in [7, 11) is -4.46. The molecule has 18 heteroatoms. The van der Waals surface area contributed by atoms with Crippen molar-refractivity contribution in [3.63, 3.8) is 0 Å². The summed E-state index contributed by atoms with van der Waals surface area (Å²) in [4.78, 5) is 47.4. The van der Waals surface area contributed by atoms with Crippen LogP contribution in [0.2, 0.25) is 0 Å². The Hall–Kier alpha value is -3.03. The topological polar surface area (TPSA) is 245 Å². The molecule has 49 heavy (non-hydrogen) atoms.